The number of hydrogen-bond donors (Lipinski definition) is 0. The van der Waals surface area contributed by atoms with Crippen molar-refractivity contribution in [3.05, 3.63) is 71.1 Å². The van der Waals surface area contributed by atoms with Gasteiger partial charge in [0.05, 0.1) is 18.4 Å². The van der Waals surface area contributed by atoms with Gasteiger partial charge in [-0.25, -0.2) is 0 Å². The second-order valence-electron chi connectivity index (χ2n) is 7.10. The first-order valence-electron chi connectivity index (χ1n) is 10.1. The van der Waals surface area contributed by atoms with E-state index in [1.165, 1.54) is 0 Å². The molecule has 3 rings (SSSR count). The van der Waals surface area contributed by atoms with Crippen LogP contribution in [0.4, 0.5) is 5.69 Å². The van der Waals surface area contributed by atoms with Crippen molar-refractivity contribution in [1.29, 1.82) is 0 Å². The standard InChI is InChI=1S/C24H28N2O4/c1-5-6-14-26(20-10-8-7-9-11-20)24(27)19-12-13-22(23(15-19)28-4)29-16-21-17(2)25-30-18(21)3/h7-13,15H,5-6,14,16H2,1-4H3. The highest BCUT2D eigenvalue weighted by Crippen LogP contribution is 2.30. The van der Waals surface area contributed by atoms with Crippen LogP contribution in [0.15, 0.2) is 53.1 Å². The van der Waals surface area contributed by atoms with Gasteiger partial charge in [0.15, 0.2) is 11.5 Å². The maximum Gasteiger partial charge on any atom is 0.258 e. The minimum Gasteiger partial charge on any atom is -0.493 e. The molecule has 1 heterocycles. The lowest BCUT2D eigenvalue weighted by molar-refractivity contribution is 0.0986. The van der Waals surface area contributed by atoms with Crippen molar-refractivity contribution < 1.29 is 18.8 Å². The van der Waals surface area contributed by atoms with E-state index in [2.05, 4.69) is 12.1 Å². The summed E-state index contributed by atoms with van der Waals surface area (Å²) < 4.78 is 16.6. The molecule has 2 aromatic carbocycles. The molecule has 3 aromatic rings. The summed E-state index contributed by atoms with van der Waals surface area (Å²) in [6.45, 7) is 6.82. The Labute approximate surface area is 177 Å². The van der Waals surface area contributed by atoms with Gasteiger partial charge in [-0.2, -0.15) is 0 Å². The van der Waals surface area contributed by atoms with E-state index in [0.29, 0.717) is 30.2 Å². The zero-order chi connectivity index (χ0) is 21.5. The second kappa shape index (κ2) is 9.96. The van der Waals surface area contributed by atoms with Gasteiger partial charge in [-0.1, -0.05) is 36.7 Å². The molecule has 0 unspecified atom stereocenters. The molecular weight excluding hydrogens is 380 g/mol. The summed E-state index contributed by atoms with van der Waals surface area (Å²) in [6, 6.07) is 15.0. The minimum atomic E-state index is -0.0646. The maximum atomic E-state index is 13.3. The number of carbonyl (C=O) groups is 1. The van der Waals surface area contributed by atoms with E-state index < -0.39 is 0 Å². The highest BCUT2D eigenvalue weighted by Gasteiger charge is 2.19. The first-order valence-corrected chi connectivity index (χ1v) is 10.1. The summed E-state index contributed by atoms with van der Waals surface area (Å²) in [5, 5.41) is 3.94. The molecule has 0 bridgehead atoms. The van der Waals surface area contributed by atoms with Crippen LogP contribution in [0.2, 0.25) is 0 Å². The molecule has 6 nitrogen and oxygen atoms in total. The molecular formula is C24H28N2O4. The number of unbranched alkanes of at least 4 members (excludes halogenated alkanes) is 1. The van der Waals surface area contributed by atoms with Crippen molar-refractivity contribution >= 4 is 11.6 Å². The summed E-state index contributed by atoms with van der Waals surface area (Å²) in [5.41, 5.74) is 3.14. The Morgan fingerprint density at radius 1 is 1.10 bits per heavy atom. The molecule has 0 fully saturated rings. The molecule has 6 heteroatoms. The van der Waals surface area contributed by atoms with Crippen LogP contribution in [-0.2, 0) is 6.61 Å². The fourth-order valence-corrected chi connectivity index (χ4v) is 3.21. The lowest BCUT2D eigenvalue weighted by Gasteiger charge is -2.23. The number of benzene rings is 2. The topological polar surface area (TPSA) is 64.8 Å². The number of anilines is 1. The normalized spacial score (nSPS) is 10.7. The van der Waals surface area contributed by atoms with Crippen molar-refractivity contribution in [2.75, 3.05) is 18.6 Å². The fraction of sp³-hybridized carbons (Fsp3) is 0.333. The summed E-state index contributed by atoms with van der Waals surface area (Å²) >= 11 is 0. The molecule has 0 aliphatic heterocycles. The van der Waals surface area contributed by atoms with E-state index in [9.17, 15) is 4.79 Å². The number of nitrogens with zero attached hydrogens (tertiary/aromatic N) is 2. The monoisotopic (exact) mass is 408 g/mol. The summed E-state index contributed by atoms with van der Waals surface area (Å²) in [6.07, 6.45) is 1.94. The van der Waals surface area contributed by atoms with Gasteiger partial charge in [0.1, 0.15) is 12.4 Å². The highest BCUT2D eigenvalue weighted by atomic mass is 16.5. The molecule has 158 valence electrons. The van der Waals surface area contributed by atoms with Gasteiger partial charge < -0.3 is 18.9 Å². The molecule has 0 saturated heterocycles. The fourth-order valence-electron chi connectivity index (χ4n) is 3.21. The molecule has 0 aliphatic carbocycles. The smallest absolute Gasteiger partial charge is 0.258 e. The van der Waals surface area contributed by atoms with E-state index in [0.717, 1.165) is 35.5 Å². The molecule has 0 spiro atoms. The van der Waals surface area contributed by atoms with Gasteiger partial charge in [0.25, 0.3) is 5.91 Å². The van der Waals surface area contributed by atoms with Gasteiger partial charge >= 0.3 is 0 Å². The largest absolute Gasteiger partial charge is 0.493 e. The third kappa shape index (κ3) is 4.82. The predicted molar refractivity (Wildman–Crippen MR) is 116 cm³/mol. The van der Waals surface area contributed by atoms with Crippen LogP contribution >= 0.6 is 0 Å². The Morgan fingerprint density at radius 3 is 2.50 bits per heavy atom. The minimum absolute atomic E-state index is 0.0646. The zero-order valence-corrected chi connectivity index (χ0v) is 18.0. The first-order chi connectivity index (χ1) is 14.5. The maximum absolute atomic E-state index is 13.3. The number of ether oxygens (including phenoxy) is 2. The molecule has 30 heavy (non-hydrogen) atoms. The quantitative estimate of drug-likeness (QED) is 0.479. The summed E-state index contributed by atoms with van der Waals surface area (Å²) in [5.74, 6) is 1.74. The molecule has 0 atom stereocenters. The molecule has 1 amide bonds. The summed E-state index contributed by atoms with van der Waals surface area (Å²) in [4.78, 5) is 15.1. The number of rotatable bonds is 9. The molecule has 1 aromatic heterocycles. The number of para-hydroxylation sites is 1. The number of amides is 1. The number of hydrogen-bond acceptors (Lipinski definition) is 5. The SMILES string of the molecule is CCCCN(C(=O)c1ccc(OCc2c(C)noc2C)c(OC)c1)c1ccccc1. The lowest BCUT2D eigenvalue weighted by Crippen LogP contribution is -2.31. The van der Waals surface area contributed by atoms with Crippen LogP contribution in [0.1, 0.15) is 47.1 Å². The van der Waals surface area contributed by atoms with E-state index >= 15 is 0 Å². The Bertz CT molecular complexity index is 963. The van der Waals surface area contributed by atoms with Gasteiger partial charge in [-0.3, -0.25) is 4.79 Å². The Balaban J connectivity index is 1.82. The number of aryl methyl sites for hydroxylation is 2. The van der Waals surface area contributed by atoms with Crippen LogP contribution in [0.25, 0.3) is 0 Å². The molecule has 0 N–H and O–H groups in total. The Morgan fingerprint density at radius 2 is 1.87 bits per heavy atom. The van der Waals surface area contributed by atoms with Gasteiger partial charge in [-0.15, -0.1) is 0 Å². The van der Waals surface area contributed by atoms with Crippen LogP contribution in [0, 0.1) is 13.8 Å². The van der Waals surface area contributed by atoms with Crippen LogP contribution in [-0.4, -0.2) is 24.7 Å². The first kappa shape index (κ1) is 21.4. The number of carbonyl (C=O) groups excluding carboxylic acids is 1. The summed E-state index contributed by atoms with van der Waals surface area (Å²) in [7, 11) is 1.57. The predicted octanol–water partition coefficient (Wildman–Crippen LogP) is 5.33. The van der Waals surface area contributed by atoms with Gasteiger partial charge in [-0.05, 0) is 50.6 Å². The molecule has 0 radical (unpaired) electrons. The Hall–Kier alpha value is -3.28. The second-order valence-corrected chi connectivity index (χ2v) is 7.10. The van der Waals surface area contributed by atoms with Gasteiger partial charge in [0, 0.05) is 17.8 Å². The third-order valence-electron chi connectivity index (χ3n) is 5.01. The van der Waals surface area contributed by atoms with Gasteiger partial charge in [0.2, 0.25) is 0 Å². The van der Waals surface area contributed by atoms with Crippen molar-refractivity contribution in [2.24, 2.45) is 0 Å². The van der Waals surface area contributed by atoms with Crippen LogP contribution < -0.4 is 14.4 Å². The van der Waals surface area contributed by atoms with E-state index in [4.69, 9.17) is 14.0 Å². The Kier molecular flexibility index (Phi) is 7.12. The van der Waals surface area contributed by atoms with Crippen molar-refractivity contribution in [1.82, 2.24) is 5.16 Å². The lowest BCUT2D eigenvalue weighted by atomic mass is 10.1. The van der Waals surface area contributed by atoms with Crippen LogP contribution in [0.5, 0.6) is 11.5 Å². The van der Waals surface area contributed by atoms with Crippen LogP contribution in [0.3, 0.4) is 0 Å². The van der Waals surface area contributed by atoms with E-state index in [1.807, 2.05) is 49.1 Å². The van der Waals surface area contributed by atoms with Crippen molar-refractivity contribution in [2.45, 2.75) is 40.2 Å². The number of aromatic nitrogens is 1. The van der Waals surface area contributed by atoms with E-state index in [-0.39, 0.29) is 5.91 Å². The van der Waals surface area contributed by atoms with Crippen molar-refractivity contribution in [3.8, 4) is 11.5 Å². The number of methoxy groups -OCH3 is 1. The molecule has 0 saturated carbocycles. The van der Waals surface area contributed by atoms with E-state index in [1.54, 1.807) is 25.3 Å². The average Bonchev–Trinajstić information content (AvgIpc) is 3.10. The molecule has 0 aliphatic rings. The van der Waals surface area contributed by atoms with Crippen molar-refractivity contribution in [3.63, 3.8) is 0 Å². The third-order valence-corrected chi connectivity index (χ3v) is 5.01. The average molecular weight is 408 g/mol. The zero-order valence-electron chi connectivity index (χ0n) is 18.0. The highest BCUT2D eigenvalue weighted by molar-refractivity contribution is 6.06.